The second-order valence-electron chi connectivity index (χ2n) is 13.3. The van der Waals surface area contributed by atoms with E-state index in [1.54, 1.807) is 12.1 Å². The molecule has 0 spiro atoms. The first-order valence-corrected chi connectivity index (χ1v) is 20.4. The molecule has 17 heteroatoms. The van der Waals surface area contributed by atoms with Gasteiger partial charge in [-0.25, -0.2) is 26.8 Å². The molecule has 0 radical (unpaired) electrons. The molecule has 2 heterocycles. The van der Waals surface area contributed by atoms with E-state index in [1.165, 1.54) is 39.0 Å². The van der Waals surface area contributed by atoms with Gasteiger partial charge in [-0.2, -0.15) is 13.2 Å². The summed E-state index contributed by atoms with van der Waals surface area (Å²) in [6.45, 7) is 5.49. The number of alkyl halides is 3. The normalized spacial score (nSPS) is 16.5. The van der Waals surface area contributed by atoms with E-state index in [9.17, 15) is 39.6 Å². The minimum absolute atomic E-state index is 0.329. The molecule has 1 aromatic carbocycles. The first-order chi connectivity index (χ1) is 23.2. The summed E-state index contributed by atoms with van der Waals surface area (Å²) in [5.41, 5.74) is 0.617. The molecule has 274 valence electrons. The van der Waals surface area contributed by atoms with E-state index in [0.29, 0.717) is 47.6 Å². The third kappa shape index (κ3) is 8.68. The van der Waals surface area contributed by atoms with Crippen molar-refractivity contribution in [2.45, 2.75) is 105 Å². The smallest absolute Gasteiger partial charge is 0.309 e. The Kier molecular flexibility index (Phi) is 12.1. The molecular formula is C33H40ClF3N4O6S3. The fourth-order valence-corrected chi connectivity index (χ4v) is 10.8. The van der Waals surface area contributed by atoms with Gasteiger partial charge < -0.3 is 10.6 Å². The van der Waals surface area contributed by atoms with E-state index in [0.717, 1.165) is 43.5 Å². The van der Waals surface area contributed by atoms with Crippen molar-refractivity contribution in [3.8, 4) is 11.3 Å². The average Bonchev–Trinajstić information content (AvgIpc) is 3.85. The van der Waals surface area contributed by atoms with Crippen LogP contribution in [0.15, 0.2) is 48.0 Å². The largest absolute Gasteiger partial charge is 0.416 e. The Morgan fingerprint density at radius 1 is 0.800 bits per heavy atom. The third-order valence-corrected chi connectivity index (χ3v) is 16.1. The Bertz CT molecular complexity index is 1900. The van der Waals surface area contributed by atoms with Gasteiger partial charge >= 0.3 is 6.18 Å². The Labute approximate surface area is 299 Å². The molecule has 0 saturated heterocycles. The number of benzene rings is 1. The van der Waals surface area contributed by atoms with Crippen LogP contribution in [0.25, 0.3) is 11.3 Å². The number of aromatic nitrogens is 2. The molecule has 2 aliphatic carbocycles. The number of halogens is 4. The summed E-state index contributed by atoms with van der Waals surface area (Å²) >= 11 is 7.15. The predicted octanol–water partition coefficient (Wildman–Crippen LogP) is 7.71. The molecular weight excluding hydrogens is 737 g/mol. The average molecular weight is 777 g/mol. The molecule has 2 saturated carbocycles. The lowest BCUT2D eigenvalue weighted by Crippen LogP contribution is -2.48. The van der Waals surface area contributed by atoms with Crippen LogP contribution in [-0.2, 0) is 35.4 Å². The van der Waals surface area contributed by atoms with Crippen LogP contribution in [-0.4, -0.2) is 58.6 Å². The summed E-state index contributed by atoms with van der Waals surface area (Å²) in [6.07, 6.45) is 1.99. The highest BCUT2D eigenvalue weighted by molar-refractivity contribution is 7.94. The summed E-state index contributed by atoms with van der Waals surface area (Å²) in [5, 5.41) is 6.69. The second kappa shape index (κ2) is 15.3. The number of pyridine rings is 1. The van der Waals surface area contributed by atoms with Crippen molar-refractivity contribution < 1.29 is 39.6 Å². The van der Waals surface area contributed by atoms with Gasteiger partial charge in [-0.05, 0) is 77.6 Å². The molecule has 5 rings (SSSR count). The molecule has 0 unspecified atom stereocenters. The molecule has 2 aromatic heterocycles. The van der Waals surface area contributed by atoms with Crippen molar-refractivity contribution in [2.24, 2.45) is 0 Å². The topological polar surface area (TPSA) is 152 Å². The summed E-state index contributed by atoms with van der Waals surface area (Å²) in [5.74, 6) is -1.76. The van der Waals surface area contributed by atoms with Crippen molar-refractivity contribution in [3.05, 3.63) is 58.6 Å². The van der Waals surface area contributed by atoms with E-state index < -0.39 is 63.2 Å². The summed E-state index contributed by atoms with van der Waals surface area (Å²) in [4.78, 5) is 33.1. The molecule has 3 aromatic rings. The summed E-state index contributed by atoms with van der Waals surface area (Å²) in [7, 11) is -7.32. The number of anilines is 2. The minimum atomic E-state index is -4.58. The highest BCUT2D eigenvalue weighted by Crippen LogP contribution is 2.35. The number of sulfone groups is 2. The number of thiazole rings is 1. The van der Waals surface area contributed by atoms with Crippen LogP contribution < -0.4 is 10.6 Å². The van der Waals surface area contributed by atoms with Crippen LogP contribution in [0.1, 0.15) is 84.6 Å². The van der Waals surface area contributed by atoms with Crippen LogP contribution in [0, 0.1) is 0 Å². The standard InChI is InChI=1S/C18H21ClN2O3S2.C15H19F3N2O3S/c1-18(2,26(23,24)14-5-3-4-6-14)16(22)21-17-20-15(11-25-17)12-7-9-13(19)10-8-12;1-14(2,24(22,23)11-5-3-4-6-11)13(21)20-12-9-10(7-8-19-12)15(16,17)18/h7-11,14H,3-6H2,1-2H3,(H,20,21,22);7-9,11H,3-6H2,1-2H3,(H,19,20,21). The third-order valence-electron chi connectivity index (χ3n) is 9.19. The molecule has 0 bridgehead atoms. The number of carbonyl (C=O) groups is 2. The molecule has 2 amide bonds. The van der Waals surface area contributed by atoms with Crippen LogP contribution in [0.4, 0.5) is 24.1 Å². The quantitative estimate of drug-likeness (QED) is 0.224. The van der Waals surface area contributed by atoms with Gasteiger partial charge in [0.15, 0.2) is 24.8 Å². The van der Waals surface area contributed by atoms with Gasteiger partial charge in [-0.1, -0.05) is 49.4 Å². The Balaban J connectivity index is 0.000000226. The van der Waals surface area contributed by atoms with Gasteiger partial charge in [0.25, 0.3) is 0 Å². The van der Waals surface area contributed by atoms with E-state index >= 15 is 0 Å². The number of nitrogens with zero attached hydrogens (tertiary/aromatic N) is 2. The van der Waals surface area contributed by atoms with E-state index in [-0.39, 0.29) is 5.82 Å². The summed E-state index contributed by atoms with van der Waals surface area (Å²) < 4.78 is 85.9. The second-order valence-corrected chi connectivity index (χ2v) is 20.2. The van der Waals surface area contributed by atoms with Crippen molar-refractivity contribution >= 4 is 65.4 Å². The molecule has 2 N–H and O–H groups in total. The lowest BCUT2D eigenvalue weighted by molar-refractivity contribution is -0.137. The molecule has 0 atom stereocenters. The van der Waals surface area contributed by atoms with Crippen LogP contribution in [0.5, 0.6) is 0 Å². The fourth-order valence-electron chi connectivity index (χ4n) is 5.76. The maximum Gasteiger partial charge on any atom is 0.416 e. The molecule has 2 aliphatic rings. The fraction of sp³-hybridized carbons (Fsp3) is 0.515. The van der Waals surface area contributed by atoms with Crippen molar-refractivity contribution in [1.29, 1.82) is 0 Å². The maximum absolute atomic E-state index is 12.9. The Morgan fingerprint density at radius 2 is 1.28 bits per heavy atom. The lowest BCUT2D eigenvalue weighted by atomic mass is 10.2. The van der Waals surface area contributed by atoms with E-state index in [4.69, 9.17) is 11.6 Å². The monoisotopic (exact) mass is 776 g/mol. The zero-order valence-electron chi connectivity index (χ0n) is 28.0. The predicted molar refractivity (Wildman–Crippen MR) is 190 cm³/mol. The highest BCUT2D eigenvalue weighted by Gasteiger charge is 2.48. The maximum atomic E-state index is 12.9. The van der Waals surface area contributed by atoms with E-state index in [2.05, 4.69) is 20.6 Å². The van der Waals surface area contributed by atoms with Crippen LogP contribution in [0.3, 0.4) is 0 Å². The van der Waals surface area contributed by atoms with Gasteiger partial charge in [0, 0.05) is 22.2 Å². The number of hydrogen-bond donors (Lipinski definition) is 2. The van der Waals surface area contributed by atoms with Gasteiger partial charge in [0.1, 0.15) is 15.3 Å². The van der Waals surface area contributed by atoms with Crippen LogP contribution >= 0.6 is 22.9 Å². The lowest BCUT2D eigenvalue weighted by Gasteiger charge is -2.27. The number of carbonyl (C=O) groups excluding carboxylic acids is 2. The molecule has 0 aliphatic heterocycles. The first kappa shape index (κ1) is 39.7. The number of rotatable bonds is 9. The minimum Gasteiger partial charge on any atom is -0.309 e. The highest BCUT2D eigenvalue weighted by atomic mass is 35.5. The van der Waals surface area contributed by atoms with Crippen molar-refractivity contribution in [1.82, 2.24) is 9.97 Å². The van der Waals surface area contributed by atoms with Gasteiger partial charge in [-0.15, -0.1) is 11.3 Å². The van der Waals surface area contributed by atoms with Gasteiger partial charge in [-0.3, -0.25) is 9.59 Å². The SMILES string of the molecule is CC(C)(C(=O)Nc1cc(C(F)(F)F)ccn1)S(=O)(=O)C1CCCC1.CC(C)(C(=O)Nc1nc(-c2ccc(Cl)cc2)cs1)S(=O)(=O)C1CCCC1. The van der Waals surface area contributed by atoms with Gasteiger partial charge in [0.05, 0.1) is 21.8 Å². The molecule has 10 nitrogen and oxygen atoms in total. The number of hydrogen-bond acceptors (Lipinski definition) is 9. The molecule has 2 fully saturated rings. The molecule has 50 heavy (non-hydrogen) atoms. The van der Waals surface area contributed by atoms with Crippen molar-refractivity contribution in [2.75, 3.05) is 10.6 Å². The first-order valence-electron chi connectivity index (χ1n) is 16.0. The summed E-state index contributed by atoms with van der Waals surface area (Å²) in [6, 6.07) is 8.68. The van der Waals surface area contributed by atoms with Crippen molar-refractivity contribution in [3.63, 3.8) is 0 Å². The number of nitrogens with one attached hydrogen (secondary N) is 2. The van der Waals surface area contributed by atoms with E-state index in [1.807, 2.05) is 17.5 Å². The number of amides is 2. The zero-order valence-corrected chi connectivity index (χ0v) is 31.2. The zero-order chi connectivity index (χ0) is 37.1. The Morgan fingerprint density at radius 3 is 1.76 bits per heavy atom. The van der Waals surface area contributed by atoms with Gasteiger partial charge in [0.2, 0.25) is 11.8 Å². The van der Waals surface area contributed by atoms with Crippen LogP contribution in [0.2, 0.25) is 5.02 Å². The Hall–Kier alpha value is -3.08.